The van der Waals surface area contributed by atoms with Gasteiger partial charge >= 0.3 is 0 Å². The number of fused-ring (bicyclic) bond motifs is 1. The van der Waals surface area contributed by atoms with E-state index >= 15 is 0 Å². The third-order valence-electron chi connectivity index (χ3n) is 3.77. The highest BCUT2D eigenvalue weighted by Gasteiger charge is 2.13. The van der Waals surface area contributed by atoms with Crippen molar-refractivity contribution < 1.29 is 0 Å². The van der Waals surface area contributed by atoms with E-state index in [0.717, 1.165) is 16.0 Å². The summed E-state index contributed by atoms with van der Waals surface area (Å²) in [6.07, 6.45) is 1.64. The molecule has 5 nitrogen and oxygen atoms in total. The number of allylic oxidation sites excluding steroid dienone is 1. The van der Waals surface area contributed by atoms with Gasteiger partial charge in [0.05, 0.1) is 22.6 Å². The molecule has 6 heteroatoms. The summed E-state index contributed by atoms with van der Waals surface area (Å²) in [6.45, 7) is 3.83. The molecule has 0 atom stereocenters. The smallest absolute Gasteiger partial charge is 0.260 e. The fraction of sp³-hybridized carbons (Fsp3) is 0.111. The number of nitrogens with one attached hydrogen (secondary N) is 1. The summed E-state index contributed by atoms with van der Waals surface area (Å²) in [4.78, 5) is 21.1. The Morgan fingerprint density at radius 2 is 1.96 bits per heavy atom. The zero-order valence-corrected chi connectivity index (χ0v) is 13.9. The van der Waals surface area contributed by atoms with E-state index in [-0.39, 0.29) is 17.0 Å². The lowest BCUT2D eigenvalue weighted by molar-refractivity contribution is 1.13. The predicted molar refractivity (Wildman–Crippen MR) is 94.4 cm³/mol. The number of hydrogen-bond donors (Lipinski definition) is 1. The Morgan fingerprint density at radius 3 is 2.58 bits per heavy atom. The number of nitrogens with zero attached hydrogens (tertiary/aromatic N) is 3. The van der Waals surface area contributed by atoms with E-state index in [9.17, 15) is 10.1 Å². The Bertz CT molecular complexity index is 1110. The molecule has 0 amide bonds. The molecule has 24 heavy (non-hydrogen) atoms. The van der Waals surface area contributed by atoms with E-state index in [4.69, 9.17) is 5.26 Å². The van der Waals surface area contributed by atoms with Crippen LogP contribution in [-0.4, -0.2) is 9.97 Å². The minimum Gasteiger partial charge on any atom is -0.305 e. The third-order valence-corrected chi connectivity index (χ3v) is 4.87. The summed E-state index contributed by atoms with van der Waals surface area (Å²) in [5.41, 5.74) is 2.25. The Morgan fingerprint density at radius 1 is 1.25 bits per heavy atom. The van der Waals surface area contributed by atoms with Crippen LogP contribution in [0.5, 0.6) is 0 Å². The highest BCUT2D eigenvalue weighted by Crippen LogP contribution is 2.26. The van der Waals surface area contributed by atoms with Crippen molar-refractivity contribution in [3.8, 4) is 12.1 Å². The Hall–Kier alpha value is -3.22. The summed E-state index contributed by atoms with van der Waals surface area (Å²) in [7, 11) is 0. The molecule has 0 radical (unpaired) electrons. The number of rotatable bonds is 2. The second-order valence-electron chi connectivity index (χ2n) is 5.28. The first-order valence-electron chi connectivity index (χ1n) is 7.16. The SMILES string of the molecule is Cc1sc2nc(/C(C#N)=C/c3ccc(C#N)cc3)[nH]c(=O)c2c1C. The van der Waals surface area contributed by atoms with Gasteiger partial charge in [0.25, 0.3) is 5.56 Å². The number of aryl methyl sites for hydroxylation is 2. The molecule has 0 spiro atoms. The Labute approximate surface area is 142 Å². The van der Waals surface area contributed by atoms with E-state index in [1.807, 2.05) is 19.9 Å². The van der Waals surface area contributed by atoms with Crippen LogP contribution in [0.15, 0.2) is 29.1 Å². The van der Waals surface area contributed by atoms with Crippen LogP contribution >= 0.6 is 11.3 Å². The summed E-state index contributed by atoms with van der Waals surface area (Å²) in [6, 6.07) is 11.0. The number of thiophene rings is 1. The molecule has 2 aromatic heterocycles. The van der Waals surface area contributed by atoms with Gasteiger partial charge in [0, 0.05) is 4.88 Å². The number of benzene rings is 1. The Kier molecular flexibility index (Phi) is 3.99. The standard InChI is InChI=1S/C18H12N4OS/c1-10-11(2)24-18-15(10)17(23)21-16(22-18)14(9-20)7-12-3-5-13(8-19)6-4-12/h3-7H,1-2H3,(H,21,22,23)/b14-7+. The normalized spacial score (nSPS) is 11.2. The largest absolute Gasteiger partial charge is 0.305 e. The van der Waals surface area contributed by atoms with Crippen molar-refractivity contribution in [3.63, 3.8) is 0 Å². The lowest BCUT2D eigenvalue weighted by Crippen LogP contribution is -2.10. The zero-order chi connectivity index (χ0) is 17.3. The van der Waals surface area contributed by atoms with Gasteiger partial charge < -0.3 is 4.98 Å². The van der Waals surface area contributed by atoms with Crippen LogP contribution in [0.2, 0.25) is 0 Å². The average molecular weight is 332 g/mol. The van der Waals surface area contributed by atoms with Gasteiger partial charge in [0.2, 0.25) is 0 Å². The second-order valence-corrected chi connectivity index (χ2v) is 6.48. The zero-order valence-electron chi connectivity index (χ0n) is 13.0. The van der Waals surface area contributed by atoms with Crippen molar-refractivity contribution in [2.24, 2.45) is 0 Å². The Balaban J connectivity index is 2.13. The molecule has 0 aliphatic carbocycles. The van der Waals surface area contributed by atoms with E-state index in [2.05, 4.69) is 16.0 Å². The van der Waals surface area contributed by atoms with Gasteiger partial charge in [0.1, 0.15) is 10.9 Å². The maximum Gasteiger partial charge on any atom is 0.260 e. The van der Waals surface area contributed by atoms with Gasteiger partial charge in [-0.1, -0.05) is 12.1 Å². The second kappa shape index (κ2) is 6.11. The summed E-state index contributed by atoms with van der Waals surface area (Å²) in [5.74, 6) is 0.251. The molecule has 1 N–H and O–H groups in total. The van der Waals surface area contributed by atoms with Crippen LogP contribution in [-0.2, 0) is 0 Å². The van der Waals surface area contributed by atoms with Crippen LogP contribution in [0.3, 0.4) is 0 Å². The van der Waals surface area contributed by atoms with Crippen LogP contribution < -0.4 is 5.56 Å². The van der Waals surface area contributed by atoms with Crippen molar-refractivity contribution in [1.82, 2.24) is 9.97 Å². The molecular weight excluding hydrogens is 320 g/mol. The van der Waals surface area contributed by atoms with Crippen LogP contribution in [0.4, 0.5) is 0 Å². The maximum atomic E-state index is 12.3. The number of nitriles is 2. The highest BCUT2D eigenvalue weighted by molar-refractivity contribution is 7.18. The molecule has 2 heterocycles. The van der Waals surface area contributed by atoms with Crippen molar-refractivity contribution in [3.05, 3.63) is 62.0 Å². The van der Waals surface area contributed by atoms with Gasteiger partial charge in [-0.3, -0.25) is 4.79 Å². The summed E-state index contributed by atoms with van der Waals surface area (Å²) in [5, 5.41) is 18.8. The molecule has 0 bridgehead atoms. The number of aromatic nitrogens is 2. The molecular formula is C18H12N4OS. The first kappa shape index (κ1) is 15.7. The maximum absolute atomic E-state index is 12.3. The molecule has 1 aromatic carbocycles. The average Bonchev–Trinajstić information content (AvgIpc) is 2.87. The molecule has 3 aromatic rings. The number of aromatic amines is 1. The molecule has 3 rings (SSSR count). The lowest BCUT2D eigenvalue weighted by atomic mass is 10.1. The van der Waals surface area contributed by atoms with Gasteiger partial charge in [-0.05, 0) is 43.2 Å². The fourth-order valence-electron chi connectivity index (χ4n) is 2.36. The van der Waals surface area contributed by atoms with Crippen molar-refractivity contribution in [2.75, 3.05) is 0 Å². The fourth-order valence-corrected chi connectivity index (χ4v) is 3.39. The molecule has 0 saturated carbocycles. The van der Waals surface area contributed by atoms with Gasteiger partial charge in [-0.25, -0.2) is 4.98 Å². The predicted octanol–water partition coefficient (Wildman–Crippen LogP) is 3.54. The minimum atomic E-state index is -0.238. The quantitative estimate of drug-likeness (QED) is 0.726. The molecule has 0 aliphatic rings. The number of hydrogen-bond acceptors (Lipinski definition) is 5. The molecule has 0 aliphatic heterocycles. The van der Waals surface area contributed by atoms with Gasteiger partial charge in [0.15, 0.2) is 5.82 Å². The summed E-state index contributed by atoms with van der Waals surface area (Å²) < 4.78 is 0. The first-order chi connectivity index (χ1) is 11.5. The number of H-pyrrole nitrogens is 1. The van der Waals surface area contributed by atoms with Crippen LogP contribution in [0.1, 0.15) is 27.4 Å². The first-order valence-corrected chi connectivity index (χ1v) is 7.97. The van der Waals surface area contributed by atoms with Crippen molar-refractivity contribution >= 4 is 33.2 Å². The van der Waals surface area contributed by atoms with Crippen molar-refractivity contribution in [2.45, 2.75) is 13.8 Å². The monoisotopic (exact) mass is 332 g/mol. The molecule has 0 fully saturated rings. The van der Waals surface area contributed by atoms with E-state index < -0.39 is 0 Å². The van der Waals surface area contributed by atoms with E-state index in [0.29, 0.717) is 15.8 Å². The highest BCUT2D eigenvalue weighted by atomic mass is 32.1. The van der Waals surface area contributed by atoms with Gasteiger partial charge in [-0.15, -0.1) is 11.3 Å². The van der Waals surface area contributed by atoms with Crippen molar-refractivity contribution in [1.29, 1.82) is 10.5 Å². The molecule has 116 valence electrons. The topological polar surface area (TPSA) is 93.3 Å². The van der Waals surface area contributed by atoms with Crippen LogP contribution in [0, 0.1) is 36.5 Å². The lowest BCUT2D eigenvalue weighted by Gasteiger charge is -2.00. The van der Waals surface area contributed by atoms with Crippen LogP contribution in [0.25, 0.3) is 21.9 Å². The minimum absolute atomic E-state index is 0.238. The molecule has 0 saturated heterocycles. The van der Waals surface area contributed by atoms with Gasteiger partial charge in [-0.2, -0.15) is 10.5 Å². The van der Waals surface area contributed by atoms with E-state index in [1.165, 1.54) is 11.3 Å². The molecule has 0 unspecified atom stereocenters. The summed E-state index contributed by atoms with van der Waals surface area (Å²) >= 11 is 1.44. The third kappa shape index (κ3) is 2.71. The van der Waals surface area contributed by atoms with E-state index in [1.54, 1.807) is 30.3 Å².